The fourth-order valence-corrected chi connectivity index (χ4v) is 2.15. The van der Waals surface area contributed by atoms with Crippen LogP contribution in [-0.4, -0.2) is 43.2 Å². The van der Waals surface area contributed by atoms with Crippen LogP contribution in [0.1, 0.15) is 18.5 Å². The molecule has 0 amide bonds. The number of hydrogen-bond acceptors (Lipinski definition) is 5. The summed E-state index contributed by atoms with van der Waals surface area (Å²) in [6.45, 7) is 2.33. The molecular formula is C13H21N3O2. The zero-order chi connectivity index (χ0) is 13.0. The zero-order valence-electron chi connectivity index (χ0n) is 11.1. The summed E-state index contributed by atoms with van der Waals surface area (Å²) in [6, 6.07) is 2.47. The zero-order valence-corrected chi connectivity index (χ0v) is 11.1. The summed E-state index contributed by atoms with van der Waals surface area (Å²) in [7, 11) is 3.29. The lowest BCUT2D eigenvalue weighted by atomic mass is 10.2. The topological polar surface area (TPSA) is 60.6 Å². The second kappa shape index (κ2) is 6.02. The lowest BCUT2D eigenvalue weighted by molar-refractivity contribution is 0.252. The number of hydrogen-bond donors (Lipinski definition) is 1. The van der Waals surface area contributed by atoms with E-state index in [0.29, 0.717) is 12.6 Å². The smallest absolute Gasteiger partial charge is 0.183 e. The normalized spacial score (nSPS) is 14.9. The van der Waals surface area contributed by atoms with E-state index in [1.165, 1.54) is 12.8 Å². The quantitative estimate of drug-likeness (QED) is 0.784. The number of ether oxygens (including phenoxy) is 2. The Morgan fingerprint density at radius 1 is 1.39 bits per heavy atom. The molecule has 2 N–H and O–H groups in total. The van der Waals surface area contributed by atoms with Crippen LogP contribution >= 0.6 is 0 Å². The molecule has 0 radical (unpaired) electrons. The molecule has 5 nitrogen and oxygen atoms in total. The molecule has 1 heterocycles. The minimum Gasteiger partial charge on any atom is -0.493 e. The monoisotopic (exact) mass is 251 g/mol. The molecule has 1 saturated carbocycles. The standard InChI is InChI=1S/C13H21N3O2/c1-17-12-5-7-15-11(13(12)18-2)9-16(8-6-14)10-3-4-10/h5,7,10H,3-4,6,8-9,14H2,1-2H3. The van der Waals surface area contributed by atoms with Crippen molar-refractivity contribution in [1.29, 1.82) is 0 Å². The van der Waals surface area contributed by atoms with Gasteiger partial charge in [0.15, 0.2) is 11.5 Å². The van der Waals surface area contributed by atoms with Gasteiger partial charge < -0.3 is 15.2 Å². The first kappa shape index (κ1) is 13.1. The highest BCUT2D eigenvalue weighted by molar-refractivity contribution is 5.42. The Kier molecular flexibility index (Phi) is 4.38. The van der Waals surface area contributed by atoms with Gasteiger partial charge in [0, 0.05) is 37.9 Å². The molecule has 0 saturated heterocycles. The minimum absolute atomic E-state index is 0.659. The number of methoxy groups -OCH3 is 2. The minimum atomic E-state index is 0.659. The molecule has 5 heteroatoms. The molecule has 0 unspecified atom stereocenters. The van der Waals surface area contributed by atoms with E-state index in [2.05, 4.69) is 9.88 Å². The van der Waals surface area contributed by atoms with Gasteiger partial charge in [-0.2, -0.15) is 0 Å². The number of pyridine rings is 1. The molecule has 0 aromatic carbocycles. The SMILES string of the molecule is COc1ccnc(CN(CCN)C2CC2)c1OC. The van der Waals surface area contributed by atoms with Crippen molar-refractivity contribution in [2.75, 3.05) is 27.3 Å². The lowest BCUT2D eigenvalue weighted by Crippen LogP contribution is -2.31. The van der Waals surface area contributed by atoms with Crippen molar-refractivity contribution in [1.82, 2.24) is 9.88 Å². The van der Waals surface area contributed by atoms with E-state index in [1.807, 2.05) is 6.07 Å². The van der Waals surface area contributed by atoms with Crippen molar-refractivity contribution in [3.8, 4) is 11.5 Å². The molecule has 0 spiro atoms. The van der Waals surface area contributed by atoms with Gasteiger partial charge in [-0.3, -0.25) is 9.88 Å². The van der Waals surface area contributed by atoms with Gasteiger partial charge in [0.2, 0.25) is 0 Å². The highest BCUT2D eigenvalue weighted by Crippen LogP contribution is 2.33. The summed E-state index contributed by atoms with van der Waals surface area (Å²) < 4.78 is 10.7. The summed E-state index contributed by atoms with van der Waals surface area (Å²) >= 11 is 0. The molecule has 0 bridgehead atoms. The molecule has 1 aliphatic rings. The third-order valence-corrected chi connectivity index (χ3v) is 3.20. The van der Waals surface area contributed by atoms with Crippen molar-refractivity contribution in [2.45, 2.75) is 25.4 Å². The first-order valence-corrected chi connectivity index (χ1v) is 6.30. The van der Waals surface area contributed by atoms with Gasteiger partial charge in [-0.15, -0.1) is 0 Å². The molecule has 18 heavy (non-hydrogen) atoms. The molecule has 2 rings (SSSR count). The Balaban J connectivity index is 2.16. The lowest BCUT2D eigenvalue weighted by Gasteiger charge is -2.22. The first-order chi connectivity index (χ1) is 8.80. The van der Waals surface area contributed by atoms with E-state index in [4.69, 9.17) is 15.2 Å². The predicted octanol–water partition coefficient (Wildman–Crippen LogP) is 1.02. The van der Waals surface area contributed by atoms with Crippen LogP contribution in [-0.2, 0) is 6.54 Å². The van der Waals surface area contributed by atoms with Gasteiger partial charge in [-0.25, -0.2) is 0 Å². The molecule has 0 atom stereocenters. The maximum atomic E-state index is 5.66. The van der Waals surface area contributed by atoms with Crippen molar-refractivity contribution in [3.05, 3.63) is 18.0 Å². The number of rotatable bonds is 7. The molecular weight excluding hydrogens is 230 g/mol. The van der Waals surface area contributed by atoms with Crippen LogP contribution in [0.25, 0.3) is 0 Å². The maximum Gasteiger partial charge on any atom is 0.183 e. The van der Waals surface area contributed by atoms with Gasteiger partial charge in [-0.05, 0) is 12.8 Å². The molecule has 1 aromatic heterocycles. The van der Waals surface area contributed by atoms with Gasteiger partial charge in [0.05, 0.1) is 14.2 Å². The van der Waals surface area contributed by atoms with E-state index in [9.17, 15) is 0 Å². The average Bonchev–Trinajstić information content (AvgIpc) is 3.22. The van der Waals surface area contributed by atoms with Crippen LogP contribution < -0.4 is 15.2 Å². The highest BCUT2D eigenvalue weighted by atomic mass is 16.5. The van der Waals surface area contributed by atoms with Crippen molar-refractivity contribution in [2.24, 2.45) is 5.73 Å². The van der Waals surface area contributed by atoms with Crippen molar-refractivity contribution < 1.29 is 9.47 Å². The Morgan fingerprint density at radius 3 is 2.72 bits per heavy atom. The molecule has 1 aromatic rings. The van der Waals surface area contributed by atoms with Crippen molar-refractivity contribution >= 4 is 0 Å². The van der Waals surface area contributed by atoms with Gasteiger partial charge in [-0.1, -0.05) is 0 Å². The van der Waals surface area contributed by atoms with Crippen LogP contribution in [0.5, 0.6) is 11.5 Å². The van der Waals surface area contributed by atoms with Crippen LogP contribution in [0.15, 0.2) is 12.3 Å². The second-order valence-electron chi connectivity index (χ2n) is 4.48. The molecule has 100 valence electrons. The fraction of sp³-hybridized carbons (Fsp3) is 0.615. The number of nitrogens with two attached hydrogens (primary N) is 1. The van der Waals surface area contributed by atoms with E-state index >= 15 is 0 Å². The second-order valence-corrected chi connectivity index (χ2v) is 4.48. The van der Waals surface area contributed by atoms with E-state index in [1.54, 1.807) is 20.4 Å². The third-order valence-electron chi connectivity index (χ3n) is 3.20. The van der Waals surface area contributed by atoms with Gasteiger partial charge >= 0.3 is 0 Å². The van der Waals surface area contributed by atoms with E-state index in [0.717, 1.165) is 30.3 Å². The number of nitrogens with zero attached hydrogens (tertiary/aromatic N) is 2. The van der Waals surface area contributed by atoms with E-state index in [-0.39, 0.29) is 0 Å². The van der Waals surface area contributed by atoms with Crippen LogP contribution in [0, 0.1) is 0 Å². The molecule has 0 aliphatic heterocycles. The van der Waals surface area contributed by atoms with Gasteiger partial charge in [0.25, 0.3) is 0 Å². The summed E-state index contributed by atoms with van der Waals surface area (Å²) in [5.41, 5.74) is 6.57. The fourth-order valence-electron chi connectivity index (χ4n) is 2.15. The third kappa shape index (κ3) is 2.91. The Hall–Kier alpha value is -1.33. The summed E-state index contributed by atoms with van der Waals surface area (Å²) in [6.07, 6.45) is 4.27. The Labute approximate surface area is 108 Å². The summed E-state index contributed by atoms with van der Waals surface area (Å²) in [5.74, 6) is 1.45. The van der Waals surface area contributed by atoms with Crippen LogP contribution in [0.3, 0.4) is 0 Å². The predicted molar refractivity (Wildman–Crippen MR) is 69.8 cm³/mol. The summed E-state index contributed by atoms with van der Waals surface area (Å²) in [5, 5.41) is 0. The van der Waals surface area contributed by atoms with Crippen LogP contribution in [0.4, 0.5) is 0 Å². The summed E-state index contributed by atoms with van der Waals surface area (Å²) in [4.78, 5) is 6.77. The van der Waals surface area contributed by atoms with Gasteiger partial charge in [0.1, 0.15) is 5.69 Å². The Morgan fingerprint density at radius 2 is 2.17 bits per heavy atom. The molecule has 1 fully saturated rings. The maximum absolute atomic E-state index is 5.66. The van der Waals surface area contributed by atoms with Crippen molar-refractivity contribution in [3.63, 3.8) is 0 Å². The number of aromatic nitrogens is 1. The highest BCUT2D eigenvalue weighted by Gasteiger charge is 2.29. The Bertz CT molecular complexity index is 394. The molecule has 1 aliphatic carbocycles. The van der Waals surface area contributed by atoms with E-state index < -0.39 is 0 Å². The first-order valence-electron chi connectivity index (χ1n) is 6.30. The average molecular weight is 251 g/mol. The largest absolute Gasteiger partial charge is 0.493 e. The van der Waals surface area contributed by atoms with Crippen LogP contribution in [0.2, 0.25) is 0 Å².